The van der Waals surface area contributed by atoms with Crippen molar-refractivity contribution < 1.29 is 9.59 Å². The summed E-state index contributed by atoms with van der Waals surface area (Å²) in [5.41, 5.74) is 2.17. The van der Waals surface area contributed by atoms with Crippen molar-refractivity contribution in [3.05, 3.63) is 60.2 Å². The maximum atomic E-state index is 12.6. The van der Waals surface area contributed by atoms with Gasteiger partial charge in [-0.3, -0.25) is 9.59 Å². The molecule has 27 heavy (non-hydrogen) atoms. The molecule has 0 spiro atoms. The van der Waals surface area contributed by atoms with Crippen molar-refractivity contribution >= 4 is 29.3 Å². The topological polar surface area (TPSA) is 58.2 Å². The Bertz CT molecular complexity index is 831. The zero-order valence-electron chi connectivity index (χ0n) is 15.2. The number of hydrogen-bond donors (Lipinski definition) is 2. The molecule has 2 aliphatic rings. The van der Waals surface area contributed by atoms with E-state index in [-0.39, 0.29) is 28.9 Å². The molecule has 5 heteroatoms. The largest absolute Gasteiger partial charge is 0.355 e. The minimum Gasteiger partial charge on any atom is -0.355 e. The van der Waals surface area contributed by atoms with Crippen molar-refractivity contribution in [1.29, 1.82) is 0 Å². The summed E-state index contributed by atoms with van der Waals surface area (Å²) in [6.07, 6.45) is 4.80. The number of carbonyl (C=O) groups is 2. The van der Waals surface area contributed by atoms with Crippen LogP contribution in [0.1, 0.15) is 37.7 Å². The van der Waals surface area contributed by atoms with Crippen LogP contribution in [0.4, 0.5) is 5.69 Å². The van der Waals surface area contributed by atoms with Crippen molar-refractivity contribution in [2.24, 2.45) is 0 Å². The van der Waals surface area contributed by atoms with Crippen molar-refractivity contribution in [2.45, 2.75) is 47.7 Å². The molecule has 2 aromatic rings. The highest BCUT2D eigenvalue weighted by molar-refractivity contribution is 8.01. The lowest BCUT2D eigenvalue weighted by Gasteiger charge is -2.30. The van der Waals surface area contributed by atoms with E-state index in [9.17, 15) is 9.59 Å². The minimum atomic E-state index is -0.379. The third-order valence-corrected chi connectivity index (χ3v) is 6.92. The SMILES string of the molecule is O=C(CC1Sc2ccccc2NC1=O)NCC1(c2ccccc2)CCCC1. The van der Waals surface area contributed by atoms with E-state index >= 15 is 0 Å². The van der Waals surface area contributed by atoms with Crippen LogP contribution in [0.2, 0.25) is 0 Å². The molecule has 4 rings (SSSR count). The first-order valence-corrected chi connectivity index (χ1v) is 10.4. The van der Waals surface area contributed by atoms with Crippen LogP contribution in [0.15, 0.2) is 59.5 Å². The molecule has 1 heterocycles. The van der Waals surface area contributed by atoms with Crippen molar-refractivity contribution in [3.63, 3.8) is 0 Å². The van der Waals surface area contributed by atoms with E-state index in [0.29, 0.717) is 6.54 Å². The van der Waals surface area contributed by atoms with E-state index in [2.05, 4.69) is 34.9 Å². The van der Waals surface area contributed by atoms with Gasteiger partial charge < -0.3 is 10.6 Å². The van der Waals surface area contributed by atoms with Gasteiger partial charge in [0.15, 0.2) is 0 Å². The van der Waals surface area contributed by atoms with Crippen molar-refractivity contribution in [3.8, 4) is 0 Å². The maximum Gasteiger partial charge on any atom is 0.238 e. The molecule has 1 aliphatic carbocycles. The average Bonchev–Trinajstić information content (AvgIpc) is 3.18. The summed E-state index contributed by atoms with van der Waals surface area (Å²) in [5.74, 6) is -0.142. The molecule has 140 valence electrons. The van der Waals surface area contributed by atoms with Gasteiger partial charge in [0.05, 0.1) is 10.9 Å². The molecule has 0 saturated heterocycles. The second-order valence-electron chi connectivity index (χ2n) is 7.43. The Morgan fingerprint density at radius 2 is 1.78 bits per heavy atom. The number of thioether (sulfide) groups is 1. The zero-order chi connectivity index (χ0) is 18.7. The van der Waals surface area contributed by atoms with Gasteiger partial charge in [-0.25, -0.2) is 0 Å². The van der Waals surface area contributed by atoms with Crippen LogP contribution < -0.4 is 10.6 Å². The fourth-order valence-corrected chi connectivity index (χ4v) is 5.26. The van der Waals surface area contributed by atoms with Gasteiger partial charge in [0.25, 0.3) is 0 Å². The highest BCUT2D eigenvalue weighted by Gasteiger charge is 2.36. The van der Waals surface area contributed by atoms with Gasteiger partial charge in [0, 0.05) is 23.3 Å². The molecule has 1 saturated carbocycles. The number of benzene rings is 2. The number of anilines is 1. The molecular formula is C22H24N2O2S. The van der Waals surface area contributed by atoms with Crippen LogP contribution in [-0.2, 0) is 15.0 Å². The van der Waals surface area contributed by atoms with Gasteiger partial charge in [0.2, 0.25) is 11.8 Å². The molecule has 0 bridgehead atoms. The standard InChI is InChI=1S/C22H24N2O2S/c25-20(14-19-21(26)24-17-10-4-5-11-18(17)27-19)23-15-22(12-6-7-13-22)16-8-2-1-3-9-16/h1-5,8-11,19H,6-7,12-15H2,(H,23,25)(H,24,26). The molecule has 2 N–H and O–H groups in total. The van der Waals surface area contributed by atoms with Gasteiger partial charge in [-0.2, -0.15) is 0 Å². The lowest BCUT2D eigenvalue weighted by molar-refractivity contribution is -0.124. The Balaban J connectivity index is 1.39. The summed E-state index contributed by atoms with van der Waals surface area (Å²) >= 11 is 1.47. The molecule has 2 amide bonds. The fourth-order valence-electron chi connectivity index (χ4n) is 4.15. The second kappa shape index (κ2) is 7.77. The highest BCUT2D eigenvalue weighted by Crippen LogP contribution is 2.41. The lowest BCUT2D eigenvalue weighted by Crippen LogP contribution is -2.41. The van der Waals surface area contributed by atoms with Crippen LogP contribution in [-0.4, -0.2) is 23.6 Å². The summed E-state index contributed by atoms with van der Waals surface area (Å²) in [6, 6.07) is 18.2. The fraction of sp³-hybridized carbons (Fsp3) is 0.364. The summed E-state index contributed by atoms with van der Waals surface area (Å²) < 4.78 is 0. The van der Waals surface area contributed by atoms with E-state index in [4.69, 9.17) is 0 Å². The molecule has 0 aromatic heterocycles. The Hall–Kier alpha value is -2.27. The zero-order valence-corrected chi connectivity index (χ0v) is 16.1. The monoisotopic (exact) mass is 380 g/mol. The Morgan fingerprint density at radius 1 is 1.07 bits per heavy atom. The number of para-hydroxylation sites is 1. The molecular weight excluding hydrogens is 356 g/mol. The minimum absolute atomic E-state index is 0.0332. The number of hydrogen-bond acceptors (Lipinski definition) is 3. The third-order valence-electron chi connectivity index (χ3n) is 5.65. The number of fused-ring (bicyclic) bond motifs is 1. The Morgan fingerprint density at radius 3 is 2.56 bits per heavy atom. The summed E-state index contributed by atoms with van der Waals surface area (Å²) in [5, 5.41) is 5.65. The Labute approximate surface area is 164 Å². The highest BCUT2D eigenvalue weighted by atomic mass is 32.2. The van der Waals surface area contributed by atoms with Gasteiger partial charge in [-0.1, -0.05) is 55.3 Å². The first-order valence-electron chi connectivity index (χ1n) is 9.55. The second-order valence-corrected chi connectivity index (χ2v) is 8.67. The van der Waals surface area contributed by atoms with E-state index in [1.54, 1.807) is 0 Å². The van der Waals surface area contributed by atoms with Crippen LogP contribution in [0.25, 0.3) is 0 Å². The Kier molecular flexibility index (Phi) is 5.21. The van der Waals surface area contributed by atoms with Gasteiger partial charge >= 0.3 is 0 Å². The van der Waals surface area contributed by atoms with E-state index in [0.717, 1.165) is 23.4 Å². The molecule has 1 unspecified atom stereocenters. The summed E-state index contributed by atoms with van der Waals surface area (Å²) in [7, 11) is 0. The van der Waals surface area contributed by atoms with Gasteiger partial charge in [-0.05, 0) is 30.5 Å². The third kappa shape index (κ3) is 3.88. The van der Waals surface area contributed by atoms with Gasteiger partial charge in [-0.15, -0.1) is 11.8 Å². The molecule has 1 atom stereocenters. The van der Waals surface area contributed by atoms with E-state index in [1.165, 1.54) is 30.2 Å². The summed E-state index contributed by atoms with van der Waals surface area (Å²) in [6.45, 7) is 0.644. The van der Waals surface area contributed by atoms with E-state index in [1.807, 2.05) is 30.3 Å². The summed E-state index contributed by atoms with van der Waals surface area (Å²) in [4.78, 5) is 25.9. The quantitative estimate of drug-likeness (QED) is 0.820. The van der Waals surface area contributed by atoms with Crippen LogP contribution in [0, 0.1) is 0 Å². The molecule has 2 aromatic carbocycles. The number of carbonyl (C=O) groups excluding carboxylic acids is 2. The molecule has 0 radical (unpaired) electrons. The molecule has 1 fully saturated rings. The smallest absolute Gasteiger partial charge is 0.238 e. The van der Waals surface area contributed by atoms with Crippen LogP contribution >= 0.6 is 11.8 Å². The number of nitrogens with one attached hydrogen (secondary N) is 2. The predicted molar refractivity (Wildman–Crippen MR) is 109 cm³/mol. The number of amides is 2. The van der Waals surface area contributed by atoms with Crippen LogP contribution in [0.3, 0.4) is 0 Å². The first-order chi connectivity index (χ1) is 13.2. The normalized spacial score (nSPS) is 20.6. The predicted octanol–water partition coefficient (Wildman–Crippen LogP) is 4.12. The first kappa shape index (κ1) is 18.1. The average molecular weight is 381 g/mol. The maximum absolute atomic E-state index is 12.6. The van der Waals surface area contributed by atoms with Crippen molar-refractivity contribution in [1.82, 2.24) is 5.32 Å². The van der Waals surface area contributed by atoms with Crippen molar-refractivity contribution in [2.75, 3.05) is 11.9 Å². The molecule has 4 nitrogen and oxygen atoms in total. The van der Waals surface area contributed by atoms with Crippen LogP contribution in [0.5, 0.6) is 0 Å². The lowest BCUT2D eigenvalue weighted by atomic mass is 9.79. The number of rotatable bonds is 5. The van der Waals surface area contributed by atoms with E-state index < -0.39 is 0 Å². The van der Waals surface area contributed by atoms with Gasteiger partial charge in [0.1, 0.15) is 0 Å². The molecule has 1 aliphatic heterocycles.